The molecule has 25 heavy (non-hydrogen) atoms. The zero-order valence-electron chi connectivity index (χ0n) is 14.4. The van der Waals surface area contributed by atoms with Crippen molar-refractivity contribution in [1.29, 1.82) is 0 Å². The average molecular weight is 377 g/mol. The molecule has 2 heterocycles. The lowest BCUT2D eigenvalue weighted by Gasteiger charge is -2.21. The molecule has 1 aromatic heterocycles. The SMILES string of the molecule is CC.Cn1sc(=O)c2cc(SNc3cccc4c3OCCO4)ccc21. The molecule has 1 aliphatic rings. The number of aromatic nitrogens is 1. The summed E-state index contributed by atoms with van der Waals surface area (Å²) in [6.45, 7) is 5.12. The van der Waals surface area contributed by atoms with Crippen LogP contribution in [0.15, 0.2) is 46.1 Å². The molecule has 1 N–H and O–H groups in total. The van der Waals surface area contributed by atoms with E-state index in [0.29, 0.717) is 13.2 Å². The minimum absolute atomic E-state index is 0.0822. The number of nitrogens with one attached hydrogen (secondary N) is 1. The van der Waals surface area contributed by atoms with Crippen LogP contribution in [0.4, 0.5) is 5.69 Å². The Morgan fingerprint density at radius 3 is 2.80 bits per heavy atom. The molecule has 7 heteroatoms. The molecule has 2 aromatic carbocycles. The number of nitrogens with zero attached hydrogens (tertiary/aromatic N) is 1. The van der Waals surface area contributed by atoms with Crippen LogP contribution in [0, 0.1) is 0 Å². The third kappa shape index (κ3) is 3.62. The monoisotopic (exact) mass is 376 g/mol. The lowest BCUT2D eigenvalue weighted by molar-refractivity contribution is 0.172. The first-order valence-corrected chi connectivity index (χ1v) is 9.73. The van der Waals surface area contributed by atoms with Crippen LogP contribution in [0.1, 0.15) is 13.8 Å². The van der Waals surface area contributed by atoms with Gasteiger partial charge in [-0.25, -0.2) is 0 Å². The van der Waals surface area contributed by atoms with E-state index >= 15 is 0 Å². The van der Waals surface area contributed by atoms with Gasteiger partial charge in [-0.3, -0.25) is 8.75 Å². The van der Waals surface area contributed by atoms with Crippen LogP contribution in [0.5, 0.6) is 11.5 Å². The second-order valence-corrected chi connectivity index (χ2v) is 7.07. The predicted octanol–water partition coefficient (Wildman–Crippen LogP) is 4.52. The van der Waals surface area contributed by atoms with Crippen molar-refractivity contribution in [2.24, 2.45) is 7.05 Å². The highest BCUT2D eigenvalue weighted by Gasteiger charge is 2.15. The first kappa shape index (κ1) is 17.7. The molecule has 0 aliphatic carbocycles. The van der Waals surface area contributed by atoms with Gasteiger partial charge in [-0.15, -0.1) is 0 Å². The number of anilines is 1. The van der Waals surface area contributed by atoms with Gasteiger partial charge in [-0.2, -0.15) is 0 Å². The molecule has 0 radical (unpaired) electrons. The van der Waals surface area contributed by atoms with Crippen LogP contribution in [0.3, 0.4) is 0 Å². The molecule has 5 nitrogen and oxygen atoms in total. The van der Waals surface area contributed by atoms with Gasteiger partial charge < -0.3 is 14.2 Å². The maximum absolute atomic E-state index is 11.9. The second-order valence-electron chi connectivity index (χ2n) is 5.09. The predicted molar refractivity (Wildman–Crippen MR) is 105 cm³/mol. The Hall–Kier alpha value is -2.12. The lowest BCUT2D eigenvalue weighted by atomic mass is 10.2. The smallest absolute Gasteiger partial charge is 0.257 e. The summed E-state index contributed by atoms with van der Waals surface area (Å²) in [5, 5.41) is 0.749. The quantitative estimate of drug-likeness (QED) is 0.681. The van der Waals surface area contributed by atoms with E-state index in [2.05, 4.69) is 4.72 Å². The van der Waals surface area contributed by atoms with Crippen molar-refractivity contribution >= 4 is 40.1 Å². The van der Waals surface area contributed by atoms with Crippen LogP contribution in [0.2, 0.25) is 0 Å². The maximum Gasteiger partial charge on any atom is 0.257 e. The highest BCUT2D eigenvalue weighted by molar-refractivity contribution is 8.00. The fourth-order valence-corrected chi connectivity index (χ4v) is 3.98. The Bertz CT molecular complexity index is 934. The first-order valence-electron chi connectivity index (χ1n) is 8.14. The van der Waals surface area contributed by atoms with Gasteiger partial charge >= 0.3 is 0 Å². The van der Waals surface area contributed by atoms with Gasteiger partial charge in [0, 0.05) is 11.9 Å². The Morgan fingerprint density at radius 2 is 1.96 bits per heavy atom. The highest BCUT2D eigenvalue weighted by atomic mass is 32.2. The van der Waals surface area contributed by atoms with Crippen molar-refractivity contribution in [2.45, 2.75) is 18.7 Å². The van der Waals surface area contributed by atoms with Crippen molar-refractivity contribution < 1.29 is 9.47 Å². The summed E-state index contributed by atoms with van der Waals surface area (Å²) in [5.74, 6) is 1.49. The molecule has 0 saturated carbocycles. The van der Waals surface area contributed by atoms with Gasteiger partial charge in [0.1, 0.15) is 13.2 Å². The summed E-state index contributed by atoms with van der Waals surface area (Å²) in [5.41, 5.74) is 1.82. The molecule has 1 aliphatic heterocycles. The third-order valence-corrected chi connectivity index (χ3v) is 5.26. The molecule has 0 fully saturated rings. The standard InChI is InChI=1S/C16H14N2O3S2.C2H6/c1-18-13-6-5-10(9-11(13)16(19)23-18)22-17-12-3-2-4-14-15(12)21-8-7-20-14;1-2/h2-6,9,17H,7-8H2,1H3;1-2H3. The minimum Gasteiger partial charge on any atom is -0.486 e. The molecule has 132 valence electrons. The van der Waals surface area contributed by atoms with E-state index in [1.54, 1.807) is 0 Å². The normalized spacial score (nSPS) is 12.4. The lowest BCUT2D eigenvalue weighted by Crippen LogP contribution is -2.16. The number of para-hydroxylation sites is 1. The highest BCUT2D eigenvalue weighted by Crippen LogP contribution is 2.39. The van der Waals surface area contributed by atoms with Gasteiger partial charge in [0.2, 0.25) is 0 Å². The Morgan fingerprint density at radius 1 is 1.16 bits per heavy atom. The molecule has 0 saturated heterocycles. The summed E-state index contributed by atoms with van der Waals surface area (Å²) < 4.78 is 16.5. The molecule has 3 aromatic rings. The van der Waals surface area contributed by atoms with Crippen LogP contribution in [-0.2, 0) is 7.05 Å². The topological polar surface area (TPSA) is 52.5 Å². The number of fused-ring (bicyclic) bond motifs is 2. The Kier molecular flexibility index (Phi) is 5.55. The Labute approximate surface area is 154 Å². The van der Waals surface area contributed by atoms with Crippen molar-refractivity contribution in [3.8, 4) is 11.5 Å². The van der Waals surface area contributed by atoms with Crippen LogP contribution < -0.4 is 18.9 Å². The van der Waals surface area contributed by atoms with Crippen LogP contribution in [0.25, 0.3) is 10.9 Å². The molecule has 4 rings (SSSR count). The van der Waals surface area contributed by atoms with Gasteiger partial charge in [0.15, 0.2) is 11.5 Å². The van der Waals surface area contributed by atoms with E-state index in [1.807, 2.05) is 61.3 Å². The van der Waals surface area contributed by atoms with Crippen molar-refractivity contribution in [3.63, 3.8) is 0 Å². The van der Waals surface area contributed by atoms with E-state index in [1.165, 1.54) is 23.5 Å². The molecule has 0 bridgehead atoms. The van der Waals surface area contributed by atoms with E-state index < -0.39 is 0 Å². The fourth-order valence-electron chi connectivity index (χ4n) is 2.51. The van der Waals surface area contributed by atoms with Crippen molar-refractivity contribution in [1.82, 2.24) is 3.96 Å². The minimum atomic E-state index is 0.0822. The average Bonchev–Trinajstić information content (AvgIpc) is 2.95. The van der Waals surface area contributed by atoms with Gasteiger partial charge in [-0.1, -0.05) is 19.9 Å². The maximum atomic E-state index is 11.9. The first-order chi connectivity index (χ1) is 12.2. The van der Waals surface area contributed by atoms with Gasteiger partial charge in [0.25, 0.3) is 4.74 Å². The number of benzene rings is 2. The van der Waals surface area contributed by atoms with Crippen molar-refractivity contribution in [3.05, 3.63) is 45.9 Å². The van der Waals surface area contributed by atoms with Gasteiger partial charge in [-0.05, 0) is 53.8 Å². The molecule has 0 amide bonds. The third-order valence-electron chi connectivity index (χ3n) is 3.59. The molecular formula is C18H20N2O3S2. The summed E-state index contributed by atoms with van der Waals surface area (Å²) in [6, 6.07) is 11.6. The summed E-state index contributed by atoms with van der Waals surface area (Å²) in [7, 11) is 1.90. The largest absolute Gasteiger partial charge is 0.486 e. The van der Waals surface area contributed by atoms with Gasteiger partial charge in [0.05, 0.1) is 16.6 Å². The Balaban J connectivity index is 0.000000880. The number of hydrogen-bond acceptors (Lipinski definition) is 6. The molecule has 0 unspecified atom stereocenters. The number of aryl methyl sites for hydroxylation is 1. The number of hydrogen-bond donors (Lipinski definition) is 1. The zero-order valence-corrected chi connectivity index (χ0v) is 16.0. The molecule has 0 atom stereocenters. The number of rotatable bonds is 3. The van der Waals surface area contributed by atoms with E-state index in [-0.39, 0.29) is 4.74 Å². The van der Waals surface area contributed by atoms with E-state index in [0.717, 1.165) is 33.0 Å². The second kappa shape index (κ2) is 7.84. The van der Waals surface area contributed by atoms with Crippen LogP contribution in [-0.4, -0.2) is 17.2 Å². The molecule has 0 spiro atoms. The van der Waals surface area contributed by atoms with Crippen molar-refractivity contribution in [2.75, 3.05) is 17.9 Å². The molecular weight excluding hydrogens is 356 g/mol. The van der Waals surface area contributed by atoms with E-state index in [9.17, 15) is 4.79 Å². The zero-order chi connectivity index (χ0) is 17.8. The van der Waals surface area contributed by atoms with Crippen LogP contribution >= 0.6 is 23.5 Å². The summed E-state index contributed by atoms with van der Waals surface area (Å²) in [6.07, 6.45) is 0. The summed E-state index contributed by atoms with van der Waals surface area (Å²) in [4.78, 5) is 12.9. The summed E-state index contributed by atoms with van der Waals surface area (Å²) >= 11 is 2.67. The fraction of sp³-hybridized carbons (Fsp3) is 0.278. The number of ether oxygens (including phenoxy) is 2. The van der Waals surface area contributed by atoms with E-state index in [4.69, 9.17) is 9.47 Å².